The highest BCUT2D eigenvalue weighted by molar-refractivity contribution is 7.12. The van der Waals surface area contributed by atoms with Crippen LogP contribution in [0.25, 0.3) is 0 Å². The van der Waals surface area contributed by atoms with Crippen molar-refractivity contribution >= 4 is 34.3 Å². The fraction of sp³-hybridized carbons (Fsp3) is 0.182. The molecule has 0 saturated heterocycles. The summed E-state index contributed by atoms with van der Waals surface area (Å²) in [6.45, 7) is 2.60. The van der Waals surface area contributed by atoms with Crippen LogP contribution in [-0.2, 0) is 6.54 Å². The fourth-order valence-electron chi connectivity index (χ4n) is 1.33. The molecular formula is C11H12N2OS2. The first-order chi connectivity index (χ1) is 7.68. The van der Waals surface area contributed by atoms with Crippen molar-refractivity contribution in [1.29, 1.82) is 0 Å². The number of hydrogen-bond acceptors (Lipinski definition) is 4. The summed E-state index contributed by atoms with van der Waals surface area (Å²) in [5.74, 6) is -0.0990. The monoisotopic (exact) mass is 252 g/mol. The normalized spacial score (nSPS) is 10.3. The highest BCUT2D eigenvalue weighted by Crippen LogP contribution is 2.19. The van der Waals surface area contributed by atoms with Gasteiger partial charge >= 0.3 is 0 Å². The fourth-order valence-corrected chi connectivity index (χ4v) is 2.92. The van der Waals surface area contributed by atoms with Crippen LogP contribution >= 0.6 is 22.7 Å². The number of aryl methyl sites for hydroxylation is 1. The maximum atomic E-state index is 11.8. The van der Waals surface area contributed by atoms with Gasteiger partial charge in [0.05, 0.1) is 5.69 Å². The lowest BCUT2D eigenvalue weighted by Crippen LogP contribution is -2.22. The molecule has 0 aromatic carbocycles. The second kappa shape index (κ2) is 4.67. The van der Waals surface area contributed by atoms with Crippen molar-refractivity contribution in [3.8, 4) is 0 Å². The van der Waals surface area contributed by atoms with Crippen molar-refractivity contribution in [1.82, 2.24) is 5.32 Å². The maximum Gasteiger partial charge on any atom is 0.263 e. The Balaban J connectivity index is 1.99. The van der Waals surface area contributed by atoms with E-state index in [0.29, 0.717) is 17.1 Å². The molecule has 0 aliphatic carbocycles. The number of amides is 1. The summed E-state index contributed by atoms with van der Waals surface area (Å²) in [6, 6.07) is 1.75. The van der Waals surface area contributed by atoms with Gasteiger partial charge in [-0.1, -0.05) is 0 Å². The van der Waals surface area contributed by atoms with Crippen LogP contribution in [0, 0.1) is 6.92 Å². The molecule has 0 spiro atoms. The van der Waals surface area contributed by atoms with E-state index in [-0.39, 0.29) is 5.91 Å². The maximum absolute atomic E-state index is 11.8. The van der Waals surface area contributed by atoms with Crippen LogP contribution < -0.4 is 11.1 Å². The van der Waals surface area contributed by atoms with E-state index < -0.39 is 0 Å². The van der Waals surface area contributed by atoms with E-state index in [9.17, 15) is 4.79 Å². The van der Waals surface area contributed by atoms with Gasteiger partial charge in [0.1, 0.15) is 4.88 Å². The first-order valence-electron chi connectivity index (χ1n) is 4.81. The SMILES string of the molecule is Cc1cscc1CNC(=O)c1sccc1N. The van der Waals surface area contributed by atoms with Crippen LogP contribution in [0.5, 0.6) is 0 Å². The summed E-state index contributed by atoms with van der Waals surface area (Å²) in [4.78, 5) is 12.3. The second-order valence-corrected chi connectivity index (χ2v) is 5.13. The number of carbonyl (C=O) groups excluding carboxylic acids is 1. The lowest BCUT2D eigenvalue weighted by Gasteiger charge is -2.03. The van der Waals surface area contributed by atoms with E-state index in [1.54, 1.807) is 17.4 Å². The number of nitrogens with one attached hydrogen (secondary N) is 1. The van der Waals surface area contributed by atoms with Gasteiger partial charge in [-0.3, -0.25) is 4.79 Å². The Morgan fingerprint density at radius 2 is 2.31 bits per heavy atom. The quantitative estimate of drug-likeness (QED) is 0.882. The van der Waals surface area contributed by atoms with Crippen LogP contribution in [0.4, 0.5) is 5.69 Å². The van der Waals surface area contributed by atoms with Gasteiger partial charge in [0, 0.05) is 6.54 Å². The molecule has 2 heterocycles. The molecule has 84 valence electrons. The molecule has 16 heavy (non-hydrogen) atoms. The Morgan fingerprint density at radius 3 is 2.88 bits per heavy atom. The van der Waals surface area contributed by atoms with Crippen LogP contribution in [0.2, 0.25) is 0 Å². The molecular weight excluding hydrogens is 240 g/mol. The number of anilines is 1. The molecule has 0 fully saturated rings. The number of nitrogen functional groups attached to an aromatic ring is 1. The van der Waals surface area contributed by atoms with E-state index in [4.69, 9.17) is 5.73 Å². The zero-order valence-electron chi connectivity index (χ0n) is 8.82. The predicted molar refractivity (Wildman–Crippen MR) is 69.0 cm³/mol. The Kier molecular flexibility index (Phi) is 3.26. The summed E-state index contributed by atoms with van der Waals surface area (Å²) in [5.41, 5.74) is 8.59. The average molecular weight is 252 g/mol. The van der Waals surface area contributed by atoms with Crippen molar-refractivity contribution in [3.63, 3.8) is 0 Å². The molecule has 3 nitrogen and oxygen atoms in total. The third kappa shape index (κ3) is 2.25. The molecule has 1 amide bonds. The molecule has 0 unspecified atom stereocenters. The Bertz CT molecular complexity index is 502. The van der Waals surface area contributed by atoms with Crippen LogP contribution in [0.3, 0.4) is 0 Å². The van der Waals surface area contributed by atoms with Crippen LogP contribution in [0.1, 0.15) is 20.8 Å². The smallest absolute Gasteiger partial charge is 0.263 e. The molecule has 3 N–H and O–H groups in total. The minimum atomic E-state index is -0.0990. The van der Waals surface area contributed by atoms with Crippen molar-refractivity contribution in [2.24, 2.45) is 0 Å². The van der Waals surface area contributed by atoms with Crippen molar-refractivity contribution < 1.29 is 4.79 Å². The standard InChI is InChI=1S/C11H12N2OS2/c1-7-5-15-6-8(7)4-13-11(14)10-9(12)2-3-16-10/h2-3,5-6H,4,12H2,1H3,(H,13,14). The van der Waals surface area contributed by atoms with Gasteiger partial charge in [0.2, 0.25) is 0 Å². The Labute approximate surface area is 102 Å². The van der Waals surface area contributed by atoms with Gasteiger partial charge in [0.15, 0.2) is 0 Å². The van der Waals surface area contributed by atoms with Gasteiger partial charge in [-0.05, 0) is 40.3 Å². The number of hydrogen-bond donors (Lipinski definition) is 2. The minimum absolute atomic E-state index is 0.0990. The van der Waals surface area contributed by atoms with Crippen LogP contribution in [0.15, 0.2) is 22.2 Å². The topological polar surface area (TPSA) is 55.1 Å². The van der Waals surface area contributed by atoms with E-state index in [1.165, 1.54) is 16.9 Å². The van der Waals surface area contributed by atoms with Crippen molar-refractivity contribution in [2.75, 3.05) is 5.73 Å². The molecule has 0 radical (unpaired) electrons. The molecule has 0 atom stereocenters. The van der Waals surface area contributed by atoms with Gasteiger partial charge in [-0.2, -0.15) is 11.3 Å². The number of carbonyl (C=O) groups is 1. The first kappa shape index (κ1) is 11.2. The first-order valence-corrected chi connectivity index (χ1v) is 6.63. The van der Waals surface area contributed by atoms with Crippen molar-refractivity contribution in [3.05, 3.63) is 38.2 Å². The van der Waals surface area contributed by atoms with Gasteiger partial charge in [-0.15, -0.1) is 11.3 Å². The van der Waals surface area contributed by atoms with E-state index >= 15 is 0 Å². The molecule has 0 aliphatic heterocycles. The molecule has 0 saturated carbocycles. The van der Waals surface area contributed by atoms with Crippen molar-refractivity contribution in [2.45, 2.75) is 13.5 Å². The molecule has 0 aliphatic rings. The largest absolute Gasteiger partial charge is 0.397 e. The Hall–Kier alpha value is -1.33. The second-order valence-electron chi connectivity index (χ2n) is 3.47. The summed E-state index contributed by atoms with van der Waals surface area (Å²) in [6.07, 6.45) is 0. The summed E-state index contributed by atoms with van der Waals surface area (Å²) < 4.78 is 0. The van der Waals surface area contributed by atoms with Crippen LogP contribution in [-0.4, -0.2) is 5.91 Å². The lowest BCUT2D eigenvalue weighted by atomic mass is 10.2. The van der Waals surface area contributed by atoms with E-state index in [2.05, 4.69) is 10.7 Å². The van der Waals surface area contributed by atoms with Gasteiger partial charge in [-0.25, -0.2) is 0 Å². The van der Waals surface area contributed by atoms with E-state index in [1.807, 2.05) is 17.7 Å². The molecule has 0 bridgehead atoms. The molecule has 2 aromatic heterocycles. The molecule has 5 heteroatoms. The highest BCUT2D eigenvalue weighted by Gasteiger charge is 2.11. The zero-order valence-corrected chi connectivity index (χ0v) is 10.5. The third-order valence-electron chi connectivity index (χ3n) is 2.30. The number of rotatable bonds is 3. The number of thiophene rings is 2. The highest BCUT2D eigenvalue weighted by atomic mass is 32.1. The molecule has 2 aromatic rings. The zero-order chi connectivity index (χ0) is 11.5. The third-order valence-corrected chi connectivity index (χ3v) is 4.14. The summed E-state index contributed by atoms with van der Waals surface area (Å²) in [7, 11) is 0. The Morgan fingerprint density at radius 1 is 1.50 bits per heavy atom. The van der Waals surface area contributed by atoms with Gasteiger partial charge < -0.3 is 11.1 Å². The molecule has 2 rings (SSSR count). The summed E-state index contributed by atoms with van der Waals surface area (Å²) >= 11 is 3.01. The number of nitrogens with two attached hydrogens (primary N) is 1. The summed E-state index contributed by atoms with van der Waals surface area (Å²) in [5, 5.41) is 8.81. The van der Waals surface area contributed by atoms with E-state index in [0.717, 1.165) is 5.56 Å². The lowest BCUT2D eigenvalue weighted by molar-refractivity contribution is 0.0956. The predicted octanol–water partition coefficient (Wildman–Crippen LogP) is 2.63. The minimum Gasteiger partial charge on any atom is -0.397 e. The average Bonchev–Trinajstić information content (AvgIpc) is 2.84. The van der Waals surface area contributed by atoms with Gasteiger partial charge in [0.25, 0.3) is 5.91 Å².